The predicted octanol–water partition coefficient (Wildman–Crippen LogP) is 3.77. The highest BCUT2D eigenvalue weighted by Crippen LogP contribution is 2.40. The van der Waals surface area contributed by atoms with Gasteiger partial charge in [-0.3, -0.25) is 4.79 Å². The second-order valence-electron chi connectivity index (χ2n) is 4.22. The molecule has 0 spiro atoms. The molecule has 90 valence electrons. The number of hydrogen-bond donors (Lipinski definition) is 0. The Balaban J connectivity index is 2.13. The number of fused-ring (bicyclic) bond motifs is 1. The maximum atomic E-state index is 11.9. The summed E-state index contributed by atoms with van der Waals surface area (Å²) in [5.41, 5.74) is 3.03. The van der Waals surface area contributed by atoms with Crippen molar-refractivity contribution in [2.75, 3.05) is 0 Å². The van der Waals surface area contributed by atoms with E-state index in [4.69, 9.17) is 4.74 Å². The van der Waals surface area contributed by atoms with Gasteiger partial charge >= 0.3 is 5.97 Å². The Bertz CT molecular complexity index is 580. The van der Waals surface area contributed by atoms with E-state index in [1.54, 1.807) is 0 Å². The Morgan fingerprint density at radius 3 is 2.22 bits per heavy atom. The highest BCUT2D eigenvalue weighted by Gasteiger charge is 2.33. The lowest BCUT2D eigenvalue weighted by molar-refractivity contribution is -0.148. The van der Waals surface area contributed by atoms with Crippen molar-refractivity contribution < 1.29 is 9.53 Å². The molecule has 0 radical (unpaired) electrons. The van der Waals surface area contributed by atoms with Gasteiger partial charge in [-0.15, -0.1) is 0 Å². The number of carbonyl (C=O) groups excluding carboxylic acids is 1. The maximum Gasteiger partial charge on any atom is 0.325 e. The van der Waals surface area contributed by atoms with Crippen LogP contribution in [0.25, 0.3) is 0 Å². The predicted molar refractivity (Wildman–Crippen MR) is 72.5 cm³/mol. The average molecular weight is 303 g/mol. The number of carbonyl (C=O) groups is 1. The molecule has 0 aliphatic carbocycles. The molecule has 1 aliphatic heterocycles. The highest BCUT2D eigenvalue weighted by atomic mass is 79.9. The van der Waals surface area contributed by atoms with Crippen LogP contribution in [0.3, 0.4) is 0 Å². The lowest BCUT2D eigenvalue weighted by Crippen LogP contribution is -2.24. The Hall–Kier alpha value is -1.61. The van der Waals surface area contributed by atoms with E-state index in [-0.39, 0.29) is 16.9 Å². The minimum Gasteiger partial charge on any atom is -0.451 e. The van der Waals surface area contributed by atoms with Crippen molar-refractivity contribution >= 4 is 21.9 Å². The minimum atomic E-state index is -0.367. The number of halogens is 1. The largest absolute Gasteiger partial charge is 0.451 e. The van der Waals surface area contributed by atoms with Crippen LogP contribution >= 0.6 is 15.9 Å². The molecule has 2 nitrogen and oxygen atoms in total. The SMILES string of the molecule is O=C1O[C@@H](c2ccccc2)c2ccccc2[C@@H]1Br. The van der Waals surface area contributed by atoms with E-state index in [1.165, 1.54) is 0 Å². The molecule has 0 fully saturated rings. The molecule has 0 saturated heterocycles. The highest BCUT2D eigenvalue weighted by molar-refractivity contribution is 9.09. The molecule has 2 atom stereocenters. The molecular formula is C15H11BrO2. The fraction of sp³-hybridized carbons (Fsp3) is 0.133. The van der Waals surface area contributed by atoms with Crippen LogP contribution in [0.1, 0.15) is 27.6 Å². The molecule has 0 saturated carbocycles. The van der Waals surface area contributed by atoms with Gasteiger partial charge in [-0.25, -0.2) is 0 Å². The summed E-state index contributed by atoms with van der Waals surface area (Å²) in [6.07, 6.45) is -0.302. The molecule has 18 heavy (non-hydrogen) atoms. The summed E-state index contributed by atoms with van der Waals surface area (Å²) >= 11 is 3.38. The molecule has 1 aliphatic rings. The summed E-state index contributed by atoms with van der Waals surface area (Å²) in [6, 6.07) is 17.7. The van der Waals surface area contributed by atoms with Gasteiger partial charge < -0.3 is 4.74 Å². The molecule has 2 aromatic rings. The fourth-order valence-electron chi connectivity index (χ4n) is 2.22. The number of ether oxygens (including phenoxy) is 1. The summed E-state index contributed by atoms with van der Waals surface area (Å²) in [5, 5.41) is 0. The van der Waals surface area contributed by atoms with E-state index < -0.39 is 0 Å². The molecule has 0 N–H and O–H groups in total. The van der Waals surface area contributed by atoms with Gasteiger partial charge in [0.2, 0.25) is 0 Å². The monoisotopic (exact) mass is 302 g/mol. The van der Waals surface area contributed by atoms with E-state index >= 15 is 0 Å². The first-order valence-corrected chi connectivity index (χ1v) is 6.67. The third-order valence-corrected chi connectivity index (χ3v) is 3.96. The lowest BCUT2D eigenvalue weighted by Gasteiger charge is -2.28. The van der Waals surface area contributed by atoms with Gasteiger partial charge in [0.25, 0.3) is 0 Å². The van der Waals surface area contributed by atoms with Gasteiger partial charge in [-0.1, -0.05) is 70.5 Å². The second-order valence-corrected chi connectivity index (χ2v) is 5.13. The number of rotatable bonds is 1. The quantitative estimate of drug-likeness (QED) is 0.592. The van der Waals surface area contributed by atoms with Crippen LogP contribution < -0.4 is 0 Å². The smallest absolute Gasteiger partial charge is 0.325 e. The molecule has 1 heterocycles. The van der Waals surface area contributed by atoms with Gasteiger partial charge in [-0.05, 0) is 11.1 Å². The number of alkyl halides is 1. The minimum absolute atomic E-state index is 0.234. The van der Waals surface area contributed by atoms with Gasteiger partial charge in [-0.2, -0.15) is 0 Å². The summed E-state index contributed by atoms with van der Waals surface area (Å²) in [4.78, 5) is 11.5. The van der Waals surface area contributed by atoms with Crippen LogP contribution in [0.5, 0.6) is 0 Å². The Labute approximate surface area is 114 Å². The third-order valence-electron chi connectivity index (χ3n) is 3.09. The zero-order valence-electron chi connectivity index (χ0n) is 9.55. The third kappa shape index (κ3) is 1.85. The zero-order chi connectivity index (χ0) is 12.5. The topological polar surface area (TPSA) is 26.3 Å². The van der Waals surface area contributed by atoms with Crippen LogP contribution in [0.4, 0.5) is 0 Å². The van der Waals surface area contributed by atoms with Crippen molar-refractivity contribution in [1.29, 1.82) is 0 Å². The maximum absolute atomic E-state index is 11.9. The zero-order valence-corrected chi connectivity index (χ0v) is 11.1. The van der Waals surface area contributed by atoms with Crippen LogP contribution in [0.15, 0.2) is 54.6 Å². The van der Waals surface area contributed by atoms with Gasteiger partial charge in [0.15, 0.2) is 6.10 Å². The molecular weight excluding hydrogens is 292 g/mol. The molecule has 0 unspecified atom stereocenters. The first kappa shape index (κ1) is 11.5. The van der Waals surface area contributed by atoms with Crippen LogP contribution in [0.2, 0.25) is 0 Å². The Kier molecular flexibility index (Phi) is 2.92. The number of benzene rings is 2. The molecule has 0 amide bonds. The average Bonchev–Trinajstić information content (AvgIpc) is 2.44. The van der Waals surface area contributed by atoms with E-state index in [1.807, 2.05) is 54.6 Å². The molecule has 3 rings (SSSR count). The first-order valence-electron chi connectivity index (χ1n) is 5.75. The van der Waals surface area contributed by atoms with Crippen molar-refractivity contribution in [3.63, 3.8) is 0 Å². The van der Waals surface area contributed by atoms with Crippen molar-refractivity contribution in [3.8, 4) is 0 Å². The normalized spacial score (nSPS) is 22.2. The lowest BCUT2D eigenvalue weighted by atomic mass is 9.93. The van der Waals surface area contributed by atoms with Crippen molar-refractivity contribution in [2.24, 2.45) is 0 Å². The van der Waals surface area contributed by atoms with E-state index in [0.29, 0.717) is 0 Å². The second kappa shape index (κ2) is 4.58. The van der Waals surface area contributed by atoms with Crippen molar-refractivity contribution in [3.05, 3.63) is 71.3 Å². The number of esters is 1. The van der Waals surface area contributed by atoms with Crippen LogP contribution in [-0.4, -0.2) is 5.97 Å². The van der Waals surface area contributed by atoms with Gasteiger partial charge in [0.1, 0.15) is 4.83 Å². The van der Waals surface area contributed by atoms with E-state index in [0.717, 1.165) is 16.7 Å². The number of cyclic esters (lactones) is 1. The standard InChI is InChI=1S/C15H11BrO2/c16-13-11-8-4-5-9-12(11)14(18-15(13)17)10-6-2-1-3-7-10/h1-9,13-14H/t13-,14-/m0/s1. The molecule has 2 aromatic carbocycles. The molecule has 3 heteroatoms. The Morgan fingerprint density at radius 1 is 0.889 bits per heavy atom. The van der Waals surface area contributed by atoms with E-state index in [9.17, 15) is 4.79 Å². The van der Waals surface area contributed by atoms with E-state index in [2.05, 4.69) is 15.9 Å². The fourth-order valence-corrected chi connectivity index (χ4v) is 2.75. The van der Waals surface area contributed by atoms with Crippen molar-refractivity contribution in [1.82, 2.24) is 0 Å². The summed E-state index contributed by atoms with van der Waals surface area (Å²) < 4.78 is 5.53. The summed E-state index contributed by atoms with van der Waals surface area (Å²) in [5.74, 6) is -0.234. The number of hydrogen-bond acceptors (Lipinski definition) is 2. The van der Waals surface area contributed by atoms with Gasteiger partial charge in [0.05, 0.1) is 0 Å². The first-order chi connectivity index (χ1) is 8.77. The van der Waals surface area contributed by atoms with Crippen LogP contribution in [-0.2, 0) is 9.53 Å². The molecule has 0 bridgehead atoms. The van der Waals surface area contributed by atoms with Crippen molar-refractivity contribution in [2.45, 2.75) is 10.9 Å². The molecule has 0 aromatic heterocycles. The van der Waals surface area contributed by atoms with Gasteiger partial charge in [0, 0.05) is 5.56 Å². The van der Waals surface area contributed by atoms with Crippen LogP contribution in [0, 0.1) is 0 Å². The Morgan fingerprint density at radius 2 is 1.50 bits per heavy atom. The summed E-state index contributed by atoms with van der Waals surface area (Å²) in [7, 11) is 0. The summed E-state index contributed by atoms with van der Waals surface area (Å²) in [6.45, 7) is 0.